The standard InChI is InChI=1S/C20H20Cl2N2O/c21-20(22)14-19(20,17-11-5-2-6-12-17)15-23-24-18(25)13-7-10-16-8-3-1-4-9-16/h1-6,8-9,11-12,15H,7,10,13-14H2,(H,24,25)/b23-15-/t19-/m1/s1. The van der Waals surface area contributed by atoms with E-state index >= 15 is 0 Å². The van der Waals surface area contributed by atoms with Gasteiger partial charge in [-0.15, -0.1) is 23.2 Å². The predicted molar refractivity (Wildman–Crippen MR) is 103 cm³/mol. The van der Waals surface area contributed by atoms with Crippen molar-refractivity contribution >= 4 is 35.3 Å². The maximum absolute atomic E-state index is 11.9. The molecule has 25 heavy (non-hydrogen) atoms. The van der Waals surface area contributed by atoms with Crippen LogP contribution in [-0.4, -0.2) is 16.5 Å². The number of halogens is 2. The second-order valence-corrected chi connectivity index (χ2v) is 7.83. The molecule has 5 heteroatoms. The molecule has 0 aliphatic heterocycles. The lowest BCUT2D eigenvalue weighted by Crippen LogP contribution is -2.22. The van der Waals surface area contributed by atoms with Crippen LogP contribution in [0.2, 0.25) is 0 Å². The number of nitrogens with zero attached hydrogens (tertiary/aromatic N) is 1. The van der Waals surface area contributed by atoms with Gasteiger partial charge in [-0.2, -0.15) is 5.10 Å². The number of benzene rings is 2. The lowest BCUT2D eigenvalue weighted by atomic mass is 9.97. The van der Waals surface area contributed by atoms with E-state index in [4.69, 9.17) is 23.2 Å². The Hall–Kier alpha value is -1.84. The molecule has 1 saturated carbocycles. The molecule has 130 valence electrons. The molecule has 1 aliphatic rings. The van der Waals surface area contributed by atoms with E-state index < -0.39 is 9.75 Å². The molecule has 0 heterocycles. The van der Waals surface area contributed by atoms with Gasteiger partial charge in [0.1, 0.15) is 4.33 Å². The molecule has 0 radical (unpaired) electrons. The van der Waals surface area contributed by atoms with Crippen LogP contribution in [0.25, 0.3) is 0 Å². The minimum Gasteiger partial charge on any atom is -0.273 e. The minimum absolute atomic E-state index is 0.106. The van der Waals surface area contributed by atoms with Crippen LogP contribution in [-0.2, 0) is 16.6 Å². The number of hydrogen-bond acceptors (Lipinski definition) is 2. The highest BCUT2D eigenvalue weighted by molar-refractivity contribution is 6.53. The van der Waals surface area contributed by atoms with Crippen LogP contribution in [0.4, 0.5) is 0 Å². The van der Waals surface area contributed by atoms with Crippen LogP contribution in [0.5, 0.6) is 0 Å². The molecule has 1 aliphatic carbocycles. The maximum Gasteiger partial charge on any atom is 0.240 e. The molecular weight excluding hydrogens is 355 g/mol. The summed E-state index contributed by atoms with van der Waals surface area (Å²) in [4.78, 5) is 11.9. The lowest BCUT2D eigenvalue weighted by Gasteiger charge is -2.13. The highest BCUT2D eigenvalue weighted by atomic mass is 35.5. The fourth-order valence-corrected chi connectivity index (χ4v) is 3.67. The fourth-order valence-electron chi connectivity index (χ4n) is 2.94. The molecule has 0 unspecified atom stereocenters. The van der Waals surface area contributed by atoms with Gasteiger partial charge in [0.2, 0.25) is 5.91 Å². The van der Waals surface area contributed by atoms with Gasteiger partial charge in [-0.3, -0.25) is 4.79 Å². The number of hydrogen-bond donors (Lipinski definition) is 1. The van der Waals surface area contributed by atoms with E-state index in [1.54, 1.807) is 6.21 Å². The van der Waals surface area contributed by atoms with E-state index in [1.807, 2.05) is 48.5 Å². The van der Waals surface area contributed by atoms with Gasteiger partial charge in [-0.1, -0.05) is 60.7 Å². The zero-order valence-electron chi connectivity index (χ0n) is 13.8. The van der Waals surface area contributed by atoms with Crippen molar-refractivity contribution in [1.82, 2.24) is 5.43 Å². The van der Waals surface area contributed by atoms with Gasteiger partial charge in [-0.25, -0.2) is 5.43 Å². The number of hydrazone groups is 1. The average Bonchev–Trinajstić information content (AvgIpc) is 3.19. The second-order valence-electron chi connectivity index (χ2n) is 6.35. The highest BCUT2D eigenvalue weighted by Crippen LogP contribution is 2.63. The van der Waals surface area contributed by atoms with Crippen LogP contribution in [0, 0.1) is 0 Å². The zero-order valence-corrected chi connectivity index (χ0v) is 15.3. The Morgan fingerprint density at radius 3 is 2.28 bits per heavy atom. The van der Waals surface area contributed by atoms with Crippen molar-refractivity contribution in [2.75, 3.05) is 0 Å². The van der Waals surface area contributed by atoms with E-state index in [1.165, 1.54) is 5.56 Å². The van der Waals surface area contributed by atoms with Crippen molar-refractivity contribution in [2.45, 2.75) is 35.4 Å². The SMILES string of the molecule is O=C(CCCc1ccccc1)N/N=C\[C@@]1(c2ccccc2)CC1(Cl)Cl. The molecule has 1 N–H and O–H groups in total. The molecule has 3 rings (SSSR count). The highest BCUT2D eigenvalue weighted by Gasteiger charge is 2.66. The van der Waals surface area contributed by atoms with Gasteiger partial charge in [0, 0.05) is 12.6 Å². The van der Waals surface area contributed by atoms with Crippen LogP contribution in [0.3, 0.4) is 0 Å². The first kappa shape index (κ1) is 18.0. The third kappa shape index (κ3) is 4.23. The van der Waals surface area contributed by atoms with Crippen LogP contribution >= 0.6 is 23.2 Å². The maximum atomic E-state index is 11.9. The fraction of sp³-hybridized carbons (Fsp3) is 0.300. The molecule has 1 fully saturated rings. The molecule has 1 atom stereocenters. The van der Waals surface area contributed by atoms with Crippen LogP contribution in [0.15, 0.2) is 65.8 Å². The Morgan fingerprint density at radius 2 is 1.68 bits per heavy atom. The van der Waals surface area contributed by atoms with Gasteiger partial charge in [0.15, 0.2) is 0 Å². The summed E-state index contributed by atoms with van der Waals surface area (Å²) in [5.74, 6) is -0.106. The second kappa shape index (κ2) is 7.59. The van der Waals surface area contributed by atoms with Gasteiger partial charge in [0.05, 0.1) is 5.41 Å². The number of carbonyl (C=O) groups is 1. The summed E-state index contributed by atoms with van der Waals surface area (Å²) in [6.45, 7) is 0. The third-order valence-electron chi connectivity index (χ3n) is 4.50. The molecule has 1 amide bonds. The Bertz CT molecular complexity index is 747. The van der Waals surface area contributed by atoms with Crippen molar-refractivity contribution in [3.63, 3.8) is 0 Å². The lowest BCUT2D eigenvalue weighted by molar-refractivity contribution is -0.121. The molecule has 2 aromatic carbocycles. The van der Waals surface area contributed by atoms with E-state index in [0.29, 0.717) is 12.8 Å². The molecule has 2 aromatic rings. The monoisotopic (exact) mass is 374 g/mol. The first-order chi connectivity index (χ1) is 12.0. The number of alkyl halides is 2. The summed E-state index contributed by atoms with van der Waals surface area (Å²) in [7, 11) is 0. The summed E-state index contributed by atoms with van der Waals surface area (Å²) < 4.78 is -0.879. The van der Waals surface area contributed by atoms with Crippen LogP contribution < -0.4 is 5.43 Å². The first-order valence-electron chi connectivity index (χ1n) is 8.34. The summed E-state index contributed by atoms with van der Waals surface area (Å²) >= 11 is 12.7. The van der Waals surface area contributed by atoms with E-state index in [2.05, 4.69) is 22.7 Å². The Morgan fingerprint density at radius 1 is 1.08 bits per heavy atom. The molecule has 0 spiro atoms. The van der Waals surface area contributed by atoms with E-state index in [0.717, 1.165) is 18.4 Å². The number of amides is 1. The Labute approximate surface area is 158 Å². The molecule has 0 bridgehead atoms. The molecule has 0 aromatic heterocycles. The normalized spacial score (nSPS) is 21.2. The Balaban J connectivity index is 1.51. The molecule has 0 saturated heterocycles. The number of nitrogens with one attached hydrogen (secondary N) is 1. The van der Waals surface area contributed by atoms with Crippen LogP contribution in [0.1, 0.15) is 30.4 Å². The van der Waals surface area contributed by atoms with Gasteiger partial charge >= 0.3 is 0 Å². The van der Waals surface area contributed by atoms with Crippen molar-refractivity contribution in [3.8, 4) is 0 Å². The predicted octanol–water partition coefficient (Wildman–Crippen LogP) is 4.63. The van der Waals surface area contributed by atoms with Crippen molar-refractivity contribution in [2.24, 2.45) is 5.10 Å². The smallest absolute Gasteiger partial charge is 0.240 e. The number of carbonyl (C=O) groups excluding carboxylic acids is 1. The number of rotatable bonds is 7. The van der Waals surface area contributed by atoms with E-state index in [-0.39, 0.29) is 5.91 Å². The topological polar surface area (TPSA) is 41.5 Å². The average molecular weight is 375 g/mol. The minimum atomic E-state index is -0.879. The quantitative estimate of drug-likeness (QED) is 0.428. The summed E-state index contributed by atoms with van der Waals surface area (Å²) in [5, 5.41) is 4.11. The summed E-state index contributed by atoms with van der Waals surface area (Å²) in [5.41, 5.74) is 4.29. The van der Waals surface area contributed by atoms with Crippen molar-refractivity contribution in [3.05, 3.63) is 71.8 Å². The summed E-state index contributed by atoms with van der Waals surface area (Å²) in [6.07, 6.45) is 4.33. The van der Waals surface area contributed by atoms with Crippen molar-refractivity contribution < 1.29 is 4.79 Å². The third-order valence-corrected chi connectivity index (χ3v) is 5.45. The Kier molecular flexibility index (Phi) is 5.45. The van der Waals surface area contributed by atoms with E-state index in [9.17, 15) is 4.79 Å². The largest absolute Gasteiger partial charge is 0.273 e. The van der Waals surface area contributed by atoms with Crippen molar-refractivity contribution in [1.29, 1.82) is 0 Å². The van der Waals surface area contributed by atoms with Gasteiger partial charge in [-0.05, 0) is 30.4 Å². The first-order valence-corrected chi connectivity index (χ1v) is 9.09. The molecular formula is C20H20Cl2N2O. The number of aryl methyl sites for hydroxylation is 1. The van der Waals surface area contributed by atoms with Gasteiger partial charge in [0.25, 0.3) is 0 Å². The van der Waals surface area contributed by atoms with Gasteiger partial charge < -0.3 is 0 Å². The zero-order chi connectivity index (χ0) is 17.8. The summed E-state index contributed by atoms with van der Waals surface area (Å²) in [6, 6.07) is 19.9. The molecule has 3 nitrogen and oxygen atoms in total.